The molecule has 1 aromatic heterocycles. The van der Waals surface area contributed by atoms with Gasteiger partial charge in [0.25, 0.3) is 0 Å². The summed E-state index contributed by atoms with van der Waals surface area (Å²) in [6, 6.07) is 4.51. The van der Waals surface area contributed by atoms with Crippen LogP contribution >= 0.6 is 0 Å². The zero-order valence-electron chi connectivity index (χ0n) is 19.8. The van der Waals surface area contributed by atoms with E-state index in [0.717, 1.165) is 12.1 Å². The third kappa shape index (κ3) is 6.29. The Hall–Kier alpha value is -3.18. The van der Waals surface area contributed by atoms with Crippen LogP contribution in [0.1, 0.15) is 56.2 Å². The number of hydrogen-bond acceptors (Lipinski definition) is 6. The highest BCUT2D eigenvalue weighted by atomic mass is 19.4. The third-order valence-corrected chi connectivity index (χ3v) is 6.01. The van der Waals surface area contributed by atoms with E-state index in [1.165, 1.54) is 26.2 Å². The molecule has 0 bridgehead atoms. The van der Waals surface area contributed by atoms with Gasteiger partial charge in [0.05, 0.1) is 49.6 Å². The van der Waals surface area contributed by atoms with Crippen molar-refractivity contribution >= 4 is 17.7 Å². The number of nitrogens with zero attached hydrogens (tertiary/aromatic N) is 1. The van der Waals surface area contributed by atoms with Gasteiger partial charge in [-0.3, -0.25) is 14.5 Å². The molecular weight excluding hydrogens is 467 g/mol. The minimum Gasteiger partial charge on any atom is -0.465 e. The molecule has 0 spiro atoms. The number of carbonyl (C=O) groups excluding carboxylic acids is 3. The van der Waals surface area contributed by atoms with E-state index in [9.17, 15) is 27.6 Å². The minimum atomic E-state index is -4.44. The number of benzene rings is 1. The van der Waals surface area contributed by atoms with Crippen molar-refractivity contribution in [2.75, 3.05) is 40.0 Å². The monoisotopic (exact) mass is 495 g/mol. The standard InChI is InChI=1S/C24H28F3N3O5/c1-14-21(23(33)34-3)18(29-22(14)15(2)31)12-20(32)28-13-19(30-8-10-35-11-9-30)16-4-6-17(7-5-16)24(25,26)27/h4-7,19,29H,8-13H2,1-3H3,(H,28,32). The van der Waals surface area contributed by atoms with Gasteiger partial charge in [-0.25, -0.2) is 4.79 Å². The Balaban J connectivity index is 1.78. The number of aromatic nitrogens is 1. The van der Waals surface area contributed by atoms with Crippen LogP contribution in [0, 0.1) is 6.92 Å². The summed E-state index contributed by atoms with van der Waals surface area (Å²) < 4.78 is 49.2. The molecule has 1 saturated heterocycles. The fraction of sp³-hybridized carbons (Fsp3) is 0.458. The maximum Gasteiger partial charge on any atom is 0.416 e. The van der Waals surface area contributed by atoms with Gasteiger partial charge < -0.3 is 19.8 Å². The van der Waals surface area contributed by atoms with Crippen LogP contribution in [0.15, 0.2) is 24.3 Å². The first-order valence-corrected chi connectivity index (χ1v) is 11.1. The molecule has 3 rings (SSSR count). The number of halogens is 3. The number of methoxy groups -OCH3 is 1. The Morgan fingerprint density at radius 1 is 1.17 bits per heavy atom. The third-order valence-electron chi connectivity index (χ3n) is 6.01. The Kier molecular flexibility index (Phi) is 8.34. The fourth-order valence-corrected chi connectivity index (χ4v) is 4.20. The molecule has 2 heterocycles. The number of alkyl halides is 3. The highest BCUT2D eigenvalue weighted by molar-refractivity contribution is 6.01. The van der Waals surface area contributed by atoms with E-state index in [2.05, 4.69) is 10.3 Å². The molecule has 1 aromatic carbocycles. The zero-order chi connectivity index (χ0) is 25.8. The lowest BCUT2D eigenvalue weighted by atomic mass is 10.0. The summed E-state index contributed by atoms with van der Waals surface area (Å²) in [7, 11) is 1.21. The second-order valence-corrected chi connectivity index (χ2v) is 8.29. The number of esters is 1. The van der Waals surface area contributed by atoms with Gasteiger partial charge in [-0.05, 0) is 30.2 Å². The van der Waals surface area contributed by atoms with E-state index in [1.807, 2.05) is 4.90 Å². The van der Waals surface area contributed by atoms with Crippen molar-refractivity contribution in [1.82, 2.24) is 15.2 Å². The molecule has 1 aliphatic rings. The second kappa shape index (κ2) is 11.0. The second-order valence-electron chi connectivity index (χ2n) is 8.29. The van der Waals surface area contributed by atoms with Gasteiger partial charge in [-0.15, -0.1) is 0 Å². The van der Waals surface area contributed by atoms with Gasteiger partial charge in [0.15, 0.2) is 5.78 Å². The molecule has 1 unspecified atom stereocenters. The highest BCUT2D eigenvalue weighted by Gasteiger charge is 2.31. The fourth-order valence-electron chi connectivity index (χ4n) is 4.20. The average Bonchev–Trinajstić information content (AvgIpc) is 3.15. The quantitative estimate of drug-likeness (QED) is 0.431. The number of nitrogens with one attached hydrogen (secondary N) is 2. The van der Waals surface area contributed by atoms with Crippen molar-refractivity contribution in [3.8, 4) is 0 Å². The first kappa shape index (κ1) is 26.4. The van der Waals surface area contributed by atoms with E-state index < -0.39 is 23.6 Å². The number of amides is 1. The van der Waals surface area contributed by atoms with Crippen LogP contribution in [0.4, 0.5) is 13.2 Å². The molecule has 35 heavy (non-hydrogen) atoms. The molecule has 0 saturated carbocycles. The van der Waals surface area contributed by atoms with Crippen molar-refractivity contribution in [3.05, 3.63) is 57.9 Å². The van der Waals surface area contributed by atoms with Crippen LogP contribution in [-0.4, -0.2) is 67.5 Å². The van der Waals surface area contributed by atoms with Crippen LogP contribution in [0.25, 0.3) is 0 Å². The summed E-state index contributed by atoms with van der Waals surface area (Å²) in [5, 5.41) is 2.81. The number of ether oxygens (including phenoxy) is 2. The molecule has 11 heteroatoms. The SMILES string of the molecule is COC(=O)c1c(CC(=O)NCC(c2ccc(C(F)(F)F)cc2)N2CCOCC2)[nH]c(C(C)=O)c1C. The predicted molar refractivity (Wildman–Crippen MR) is 120 cm³/mol. The first-order chi connectivity index (χ1) is 16.5. The number of morpholine rings is 1. The summed E-state index contributed by atoms with van der Waals surface area (Å²) in [5.74, 6) is -1.37. The summed E-state index contributed by atoms with van der Waals surface area (Å²) in [5.41, 5.74) is 0.914. The lowest BCUT2D eigenvalue weighted by Gasteiger charge is -2.35. The number of hydrogen-bond donors (Lipinski definition) is 2. The number of Topliss-reactive ketones (excluding diaryl/α,β-unsaturated/α-hetero) is 1. The van der Waals surface area contributed by atoms with E-state index in [-0.39, 0.29) is 41.7 Å². The van der Waals surface area contributed by atoms with Gasteiger partial charge in [0.2, 0.25) is 5.91 Å². The van der Waals surface area contributed by atoms with E-state index in [0.29, 0.717) is 37.4 Å². The van der Waals surface area contributed by atoms with Crippen molar-refractivity contribution in [1.29, 1.82) is 0 Å². The van der Waals surface area contributed by atoms with Crippen LogP contribution in [0.5, 0.6) is 0 Å². The molecule has 1 amide bonds. The topological polar surface area (TPSA) is 101 Å². The summed E-state index contributed by atoms with van der Waals surface area (Å²) in [4.78, 5) is 41.8. The number of ketones is 1. The van der Waals surface area contributed by atoms with Gasteiger partial charge in [-0.2, -0.15) is 13.2 Å². The lowest BCUT2D eigenvalue weighted by molar-refractivity contribution is -0.137. The van der Waals surface area contributed by atoms with Gasteiger partial charge in [0, 0.05) is 32.3 Å². The smallest absolute Gasteiger partial charge is 0.416 e. The summed E-state index contributed by atoms with van der Waals surface area (Å²) in [6.45, 7) is 5.15. The van der Waals surface area contributed by atoms with E-state index in [1.54, 1.807) is 6.92 Å². The van der Waals surface area contributed by atoms with Gasteiger partial charge in [0.1, 0.15) is 0 Å². The number of rotatable bonds is 8. The molecule has 2 N–H and O–H groups in total. The van der Waals surface area contributed by atoms with Crippen molar-refractivity contribution in [3.63, 3.8) is 0 Å². The molecule has 1 aliphatic heterocycles. The highest BCUT2D eigenvalue weighted by Crippen LogP contribution is 2.31. The van der Waals surface area contributed by atoms with Crippen LogP contribution in [0.2, 0.25) is 0 Å². The molecule has 190 valence electrons. The van der Waals surface area contributed by atoms with Crippen LogP contribution in [0.3, 0.4) is 0 Å². The molecular formula is C24H28F3N3O5. The summed E-state index contributed by atoms with van der Waals surface area (Å²) >= 11 is 0. The van der Waals surface area contributed by atoms with Gasteiger partial charge in [-0.1, -0.05) is 12.1 Å². The van der Waals surface area contributed by atoms with Crippen molar-refractivity contribution in [2.24, 2.45) is 0 Å². The van der Waals surface area contributed by atoms with Crippen LogP contribution in [-0.2, 0) is 26.9 Å². The first-order valence-electron chi connectivity index (χ1n) is 11.1. The predicted octanol–water partition coefficient (Wildman–Crippen LogP) is 3.06. The lowest BCUT2D eigenvalue weighted by Crippen LogP contribution is -2.44. The molecule has 2 aromatic rings. The van der Waals surface area contributed by atoms with Crippen LogP contribution < -0.4 is 5.32 Å². The van der Waals surface area contributed by atoms with E-state index >= 15 is 0 Å². The van der Waals surface area contributed by atoms with Crippen molar-refractivity contribution in [2.45, 2.75) is 32.5 Å². The zero-order valence-corrected chi connectivity index (χ0v) is 19.8. The molecule has 0 radical (unpaired) electrons. The van der Waals surface area contributed by atoms with Crippen molar-refractivity contribution < 1.29 is 37.0 Å². The maximum absolute atomic E-state index is 13.0. The van der Waals surface area contributed by atoms with Gasteiger partial charge >= 0.3 is 12.1 Å². The maximum atomic E-state index is 13.0. The Labute approximate surface area is 200 Å². The minimum absolute atomic E-state index is 0.136. The Bertz CT molecular complexity index is 1070. The number of carbonyl (C=O) groups is 3. The molecule has 8 nitrogen and oxygen atoms in total. The molecule has 0 aliphatic carbocycles. The largest absolute Gasteiger partial charge is 0.465 e. The average molecular weight is 495 g/mol. The number of H-pyrrole nitrogens is 1. The normalized spacial score (nSPS) is 15.5. The molecule has 1 atom stereocenters. The number of aromatic amines is 1. The van der Waals surface area contributed by atoms with E-state index in [4.69, 9.17) is 9.47 Å². The Morgan fingerprint density at radius 3 is 2.34 bits per heavy atom. The Morgan fingerprint density at radius 2 is 1.80 bits per heavy atom. The molecule has 1 fully saturated rings. The summed E-state index contributed by atoms with van der Waals surface area (Å²) in [6.07, 6.45) is -4.65.